The van der Waals surface area contributed by atoms with Crippen LogP contribution >= 0.6 is 11.6 Å². The first-order chi connectivity index (χ1) is 15.0. The van der Waals surface area contributed by atoms with Crippen LogP contribution in [0.4, 0.5) is 5.69 Å². The summed E-state index contributed by atoms with van der Waals surface area (Å²) in [6.07, 6.45) is 1.76. The van der Waals surface area contributed by atoms with Gasteiger partial charge in [-0.15, -0.1) is 0 Å². The second kappa shape index (κ2) is 8.58. The van der Waals surface area contributed by atoms with Crippen LogP contribution in [-0.2, 0) is 4.74 Å². The van der Waals surface area contributed by atoms with Crippen molar-refractivity contribution in [2.75, 3.05) is 12.4 Å². The van der Waals surface area contributed by atoms with Gasteiger partial charge in [0.15, 0.2) is 0 Å². The number of hydrogen-bond acceptors (Lipinski definition) is 4. The Bertz CT molecular complexity index is 1290. The molecule has 0 bridgehead atoms. The van der Waals surface area contributed by atoms with Crippen molar-refractivity contribution in [1.29, 1.82) is 0 Å². The number of pyridine rings is 1. The van der Waals surface area contributed by atoms with Crippen LogP contribution in [0.2, 0.25) is 5.02 Å². The van der Waals surface area contributed by atoms with E-state index >= 15 is 0 Å². The largest absolute Gasteiger partial charge is 0.465 e. The Kier molecular flexibility index (Phi) is 5.69. The molecule has 1 aromatic heterocycles. The van der Waals surface area contributed by atoms with Gasteiger partial charge in [-0.25, -0.2) is 4.79 Å². The molecule has 0 saturated heterocycles. The van der Waals surface area contributed by atoms with Gasteiger partial charge in [-0.1, -0.05) is 48.0 Å². The van der Waals surface area contributed by atoms with E-state index in [1.807, 2.05) is 42.5 Å². The molecule has 1 N–H and O–H groups in total. The molecular weight excluding hydrogens is 412 g/mol. The number of amides is 1. The van der Waals surface area contributed by atoms with Crippen molar-refractivity contribution in [2.45, 2.75) is 6.92 Å². The Balaban J connectivity index is 1.64. The smallest absolute Gasteiger partial charge is 0.340 e. The number of carbonyl (C=O) groups excluding carboxylic acids is 2. The first-order valence-electron chi connectivity index (χ1n) is 9.62. The number of nitrogens with zero attached hydrogens (tertiary/aromatic N) is 1. The number of halogens is 1. The molecule has 5 nitrogen and oxygen atoms in total. The lowest BCUT2D eigenvalue weighted by Crippen LogP contribution is -2.16. The number of nitrogens with one attached hydrogen (secondary N) is 1. The van der Waals surface area contributed by atoms with E-state index in [0.717, 1.165) is 22.0 Å². The van der Waals surface area contributed by atoms with Gasteiger partial charge in [0, 0.05) is 27.7 Å². The van der Waals surface area contributed by atoms with Gasteiger partial charge in [-0.05, 0) is 48.4 Å². The third kappa shape index (κ3) is 4.13. The molecule has 154 valence electrons. The minimum absolute atomic E-state index is 0.208. The summed E-state index contributed by atoms with van der Waals surface area (Å²) in [7, 11) is 1.28. The average Bonchev–Trinajstić information content (AvgIpc) is 2.79. The number of fused-ring (bicyclic) bond motifs is 1. The van der Waals surface area contributed by atoms with Crippen molar-refractivity contribution in [3.05, 3.63) is 94.6 Å². The number of ether oxygens (including phenoxy) is 1. The standard InChI is InChI=1S/C25H19ClN2O3/c1-15-13-19(26)14-21(25(30)31-2)22(15)28-24(29)18-10-8-16(9-11-18)20-7-3-5-17-6-4-12-27-23(17)20/h3-14H,1-2H3,(H,28,29). The van der Waals surface area contributed by atoms with E-state index < -0.39 is 5.97 Å². The van der Waals surface area contributed by atoms with Gasteiger partial charge in [0.05, 0.1) is 23.9 Å². The third-order valence-electron chi connectivity index (χ3n) is 5.03. The van der Waals surface area contributed by atoms with E-state index in [0.29, 0.717) is 21.8 Å². The third-order valence-corrected chi connectivity index (χ3v) is 5.25. The summed E-state index contributed by atoms with van der Waals surface area (Å²) in [5.74, 6) is -0.905. The summed E-state index contributed by atoms with van der Waals surface area (Å²) in [6.45, 7) is 1.77. The van der Waals surface area contributed by atoms with Crippen LogP contribution in [0, 0.1) is 6.92 Å². The van der Waals surface area contributed by atoms with E-state index in [1.54, 1.807) is 31.3 Å². The fraction of sp³-hybridized carbons (Fsp3) is 0.0800. The lowest BCUT2D eigenvalue weighted by Gasteiger charge is -2.14. The molecule has 6 heteroatoms. The molecule has 0 unspecified atom stereocenters. The monoisotopic (exact) mass is 430 g/mol. The first kappa shape index (κ1) is 20.6. The zero-order valence-electron chi connectivity index (χ0n) is 17.0. The molecule has 1 heterocycles. The predicted octanol–water partition coefficient (Wildman–Crippen LogP) is 5.90. The molecule has 3 aromatic carbocycles. The zero-order valence-corrected chi connectivity index (χ0v) is 17.7. The van der Waals surface area contributed by atoms with Crippen LogP contribution in [0.15, 0.2) is 72.9 Å². The number of aromatic nitrogens is 1. The van der Waals surface area contributed by atoms with E-state index in [-0.39, 0.29) is 11.5 Å². The van der Waals surface area contributed by atoms with Crippen molar-refractivity contribution in [3.63, 3.8) is 0 Å². The second-order valence-electron chi connectivity index (χ2n) is 7.05. The van der Waals surface area contributed by atoms with Gasteiger partial charge in [-0.3, -0.25) is 9.78 Å². The molecule has 0 aliphatic heterocycles. The Labute approximate surface area is 184 Å². The molecule has 1 amide bonds. The predicted molar refractivity (Wildman–Crippen MR) is 123 cm³/mol. The maximum absolute atomic E-state index is 12.9. The lowest BCUT2D eigenvalue weighted by molar-refractivity contribution is 0.0602. The molecule has 31 heavy (non-hydrogen) atoms. The minimum Gasteiger partial charge on any atom is -0.465 e. The quantitative estimate of drug-likeness (QED) is 0.409. The number of hydrogen-bond donors (Lipinski definition) is 1. The number of methoxy groups -OCH3 is 1. The Morgan fingerprint density at radius 3 is 2.48 bits per heavy atom. The van der Waals surface area contributed by atoms with E-state index in [4.69, 9.17) is 16.3 Å². The van der Waals surface area contributed by atoms with Crippen molar-refractivity contribution in [1.82, 2.24) is 4.98 Å². The van der Waals surface area contributed by atoms with Crippen molar-refractivity contribution in [3.8, 4) is 11.1 Å². The van der Waals surface area contributed by atoms with E-state index in [2.05, 4.69) is 10.3 Å². The van der Waals surface area contributed by atoms with Crippen LogP contribution in [0.25, 0.3) is 22.0 Å². The summed E-state index contributed by atoms with van der Waals surface area (Å²) < 4.78 is 4.82. The van der Waals surface area contributed by atoms with Crippen LogP contribution in [0.1, 0.15) is 26.3 Å². The van der Waals surface area contributed by atoms with Gasteiger partial charge < -0.3 is 10.1 Å². The highest BCUT2D eigenvalue weighted by Gasteiger charge is 2.18. The first-order valence-corrected chi connectivity index (χ1v) is 9.99. The number of carbonyl (C=O) groups is 2. The van der Waals surface area contributed by atoms with Crippen LogP contribution in [0.5, 0.6) is 0 Å². The maximum atomic E-state index is 12.9. The van der Waals surface area contributed by atoms with Crippen LogP contribution < -0.4 is 5.32 Å². The highest BCUT2D eigenvalue weighted by Crippen LogP contribution is 2.29. The van der Waals surface area contributed by atoms with E-state index in [1.165, 1.54) is 13.2 Å². The molecule has 0 saturated carbocycles. The average molecular weight is 431 g/mol. The van der Waals surface area contributed by atoms with Crippen molar-refractivity contribution >= 4 is 40.1 Å². The van der Waals surface area contributed by atoms with Gasteiger partial charge in [0.25, 0.3) is 5.91 Å². The number of anilines is 1. The number of benzene rings is 3. The van der Waals surface area contributed by atoms with Crippen molar-refractivity contribution < 1.29 is 14.3 Å². The molecule has 0 spiro atoms. The van der Waals surface area contributed by atoms with Crippen molar-refractivity contribution in [2.24, 2.45) is 0 Å². The summed E-state index contributed by atoms with van der Waals surface area (Å²) in [6, 6.07) is 20.3. The molecule has 0 aliphatic carbocycles. The summed E-state index contributed by atoms with van der Waals surface area (Å²) in [5.41, 5.74) is 4.57. The van der Waals surface area contributed by atoms with E-state index in [9.17, 15) is 9.59 Å². The Hall–Kier alpha value is -3.70. The second-order valence-corrected chi connectivity index (χ2v) is 7.49. The maximum Gasteiger partial charge on any atom is 0.340 e. The Morgan fingerprint density at radius 2 is 1.74 bits per heavy atom. The Morgan fingerprint density at radius 1 is 1.00 bits per heavy atom. The molecule has 4 aromatic rings. The number of para-hydroxylation sites is 1. The lowest BCUT2D eigenvalue weighted by atomic mass is 10.0. The molecule has 0 fully saturated rings. The van der Waals surface area contributed by atoms with Gasteiger partial charge in [0.1, 0.15) is 0 Å². The number of aryl methyl sites for hydroxylation is 1. The van der Waals surface area contributed by atoms with Gasteiger partial charge in [-0.2, -0.15) is 0 Å². The van der Waals surface area contributed by atoms with Crippen LogP contribution in [0.3, 0.4) is 0 Å². The topological polar surface area (TPSA) is 68.3 Å². The molecular formula is C25H19ClN2O3. The zero-order chi connectivity index (χ0) is 22.0. The highest BCUT2D eigenvalue weighted by molar-refractivity contribution is 6.31. The molecule has 4 rings (SSSR count). The number of rotatable bonds is 4. The fourth-order valence-electron chi connectivity index (χ4n) is 3.50. The molecule has 0 aliphatic rings. The molecule has 0 radical (unpaired) electrons. The van der Waals surface area contributed by atoms with Gasteiger partial charge >= 0.3 is 5.97 Å². The molecule has 0 atom stereocenters. The van der Waals surface area contributed by atoms with Crippen LogP contribution in [-0.4, -0.2) is 24.0 Å². The SMILES string of the molecule is COC(=O)c1cc(Cl)cc(C)c1NC(=O)c1ccc(-c2cccc3cccnc23)cc1. The number of esters is 1. The van der Waals surface area contributed by atoms with Gasteiger partial charge in [0.2, 0.25) is 0 Å². The normalized spacial score (nSPS) is 10.7. The minimum atomic E-state index is -0.570. The fourth-order valence-corrected chi connectivity index (χ4v) is 3.78. The summed E-state index contributed by atoms with van der Waals surface area (Å²) in [5, 5.41) is 4.26. The summed E-state index contributed by atoms with van der Waals surface area (Å²) >= 11 is 6.07. The highest BCUT2D eigenvalue weighted by atomic mass is 35.5. The summed E-state index contributed by atoms with van der Waals surface area (Å²) in [4.78, 5) is 29.5.